The van der Waals surface area contributed by atoms with Crippen molar-refractivity contribution in [3.05, 3.63) is 71.6 Å². The van der Waals surface area contributed by atoms with Crippen LogP contribution in [0.15, 0.2) is 48.5 Å². The SMILES string of the molecule is COc1cccc(NCCc2nc([C@H](N)c3ccc(F)cc3)n[nH]2)c1. The number of nitrogens with zero attached hydrogens (tertiary/aromatic N) is 2. The Kier molecular flexibility index (Phi) is 5.25. The monoisotopic (exact) mass is 341 g/mol. The van der Waals surface area contributed by atoms with Crippen molar-refractivity contribution in [2.24, 2.45) is 5.73 Å². The minimum absolute atomic E-state index is 0.296. The maximum Gasteiger partial charge on any atom is 0.171 e. The van der Waals surface area contributed by atoms with Gasteiger partial charge in [0.2, 0.25) is 0 Å². The van der Waals surface area contributed by atoms with E-state index in [9.17, 15) is 4.39 Å². The van der Waals surface area contributed by atoms with Gasteiger partial charge in [0, 0.05) is 24.7 Å². The molecule has 7 heteroatoms. The Morgan fingerprint density at radius 3 is 2.80 bits per heavy atom. The number of halogens is 1. The van der Waals surface area contributed by atoms with Gasteiger partial charge in [-0.05, 0) is 29.8 Å². The van der Waals surface area contributed by atoms with Gasteiger partial charge in [0.15, 0.2) is 5.82 Å². The van der Waals surface area contributed by atoms with E-state index in [1.807, 2.05) is 24.3 Å². The summed E-state index contributed by atoms with van der Waals surface area (Å²) in [4.78, 5) is 4.42. The molecule has 6 nitrogen and oxygen atoms in total. The first-order chi connectivity index (χ1) is 12.2. The van der Waals surface area contributed by atoms with E-state index in [-0.39, 0.29) is 5.82 Å². The van der Waals surface area contributed by atoms with Crippen LogP contribution in [0.3, 0.4) is 0 Å². The number of methoxy groups -OCH3 is 1. The van der Waals surface area contributed by atoms with Gasteiger partial charge < -0.3 is 15.8 Å². The lowest BCUT2D eigenvalue weighted by Gasteiger charge is -2.07. The fraction of sp³-hybridized carbons (Fsp3) is 0.222. The molecule has 0 spiro atoms. The Hall–Kier alpha value is -2.93. The number of hydrogen-bond donors (Lipinski definition) is 3. The molecule has 0 amide bonds. The van der Waals surface area contributed by atoms with E-state index in [4.69, 9.17) is 10.5 Å². The van der Waals surface area contributed by atoms with Crippen LogP contribution in [0.25, 0.3) is 0 Å². The predicted molar refractivity (Wildman–Crippen MR) is 94.0 cm³/mol. The third-order valence-electron chi connectivity index (χ3n) is 3.82. The van der Waals surface area contributed by atoms with Gasteiger partial charge in [0.25, 0.3) is 0 Å². The first-order valence-electron chi connectivity index (χ1n) is 7.96. The van der Waals surface area contributed by atoms with E-state index in [1.165, 1.54) is 12.1 Å². The lowest BCUT2D eigenvalue weighted by Crippen LogP contribution is -2.14. The summed E-state index contributed by atoms with van der Waals surface area (Å²) in [6, 6.07) is 13.3. The van der Waals surface area contributed by atoms with Crippen LogP contribution < -0.4 is 15.8 Å². The average molecular weight is 341 g/mol. The van der Waals surface area contributed by atoms with E-state index < -0.39 is 6.04 Å². The van der Waals surface area contributed by atoms with Crippen molar-refractivity contribution in [3.8, 4) is 5.75 Å². The van der Waals surface area contributed by atoms with E-state index in [2.05, 4.69) is 20.5 Å². The summed E-state index contributed by atoms with van der Waals surface area (Å²) in [5.41, 5.74) is 7.87. The molecule has 0 aliphatic carbocycles. The van der Waals surface area contributed by atoms with Gasteiger partial charge in [0.05, 0.1) is 13.2 Å². The number of hydrogen-bond acceptors (Lipinski definition) is 5. The zero-order valence-corrected chi connectivity index (χ0v) is 13.9. The highest BCUT2D eigenvalue weighted by atomic mass is 19.1. The van der Waals surface area contributed by atoms with Crippen molar-refractivity contribution < 1.29 is 9.13 Å². The third kappa shape index (κ3) is 4.33. The van der Waals surface area contributed by atoms with Crippen LogP contribution in [-0.4, -0.2) is 28.8 Å². The highest BCUT2D eigenvalue weighted by Gasteiger charge is 2.14. The minimum atomic E-state index is -0.489. The van der Waals surface area contributed by atoms with E-state index >= 15 is 0 Å². The molecule has 0 unspecified atom stereocenters. The summed E-state index contributed by atoms with van der Waals surface area (Å²) in [5, 5.41) is 10.4. The van der Waals surface area contributed by atoms with Crippen LogP contribution in [0.2, 0.25) is 0 Å². The van der Waals surface area contributed by atoms with Gasteiger partial charge in [-0.25, -0.2) is 9.37 Å². The second kappa shape index (κ2) is 7.76. The average Bonchev–Trinajstić information content (AvgIpc) is 3.11. The summed E-state index contributed by atoms with van der Waals surface area (Å²) in [6.07, 6.45) is 0.667. The quantitative estimate of drug-likeness (QED) is 0.615. The molecule has 25 heavy (non-hydrogen) atoms. The molecule has 130 valence electrons. The summed E-state index contributed by atoms with van der Waals surface area (Å²) in [6.45, 7) is 0.688. The number of aromatic nitrogens is 3. The topological polar surface area (TPSA) is 88.8 Å². The first-order valence-corrected chi connectivity index (χ1v) is 7.96. The molecule has 0 aliphatic heterocycles. The Labute approximate surface area is 145 Å². The molecule has 0 saturated carbocycles. The van der Waals surface area contributed by atoms with Crippen LogP contribution >= 0.6 is 0 Å². The Morgan fingerprint density at radius 1 is 1.24 bits per heavy atom. The Bertz CT molecular complexity index is 818. The van der Waals surface area contributed by atoms with Gasteiger partial charge in [-0.3, -0.25) is 5.10 Å². The number of aromatic amines is 1. The van der Waals surface area contributed by atoms with Gasteiger partial charge in [-0.1, -0.05) is 18.2 Å². The van der Waals surface area contributed by atoms with Crippen molar-refractivity contribution in [1.29, 1.82) is 0 Å². The normalized spacial score (nSPS) is 12.0. The van der Waals surface area contributed by atoms with Crippen LogP contribution in [0.1, 0.15) is 23.3 Å². The van der Waals surface area contributed by atoms with Gasteiger partial charge >= 0.3 is 0 Å². The molecule has 1 atom stereocenters. The molecular weight excluding hydrogens is 321 g/mol. The molecule has 0 fully saturated rings. The Morgan fingerprint density at radius 2 is 2.04 bits per heavy atom. The Balaban J connectivity index is 1.57. The standard InChI is InChI=1S/C18H20FN5O/c1-25-15-4-2-3-14(11-15)21-10-9-16-22-18(24-23-16)17(20)12-5-7-13(19)8-6-12/h2-8,11,17,21H,9-10,20H2,1H3,(H,22,23,24)/t17-/m1/s1. The lowest BCUT2D eigenvalue weighted by molar-refractivity contribution is 0.415. The molecule has 4 N–H and O–H groups in total. The number of ether oxygens (including phenoxy) is 1. The van der Waals surface area contributed by atoms with E-state index in [0.717, 1.165) is 22.8 Å². The molecule has 1 heterocycles. The number of rotatable bonds is 7. The maximum absolute atomic E-state index is 13.0. The molecule has 0 saturated heterocycles. The first kappa shape index (κ1) is 16.9. The van der Waals surface area contributed by atoms with Crippen molar-refractivity contribution in [3.63, 3.8) is 0 Å². The molecule has 0 aliphatic rings. The van der Waals surface area contributed by atoms with Crippen LogP contribution in [0.5, 0.6) is 5.75 Å². The van der Waals surface area contributed by atoms with E-state index in [0.29, 0.717) is 18.8 Å². The molecule has 0 radical (unpaired) electrons. The second-order valence-electron chi connectivity index (χ2n) is 5.58. The predicted octanol–water partition coefficient (Wildman–Crippen LogP) is 2.66. The van der Waals surface area contributed by atoms with Crippen LogP contribution in [0.4, 0.5) is 10.1 Å². The van der Waals surface area contributed by atoms with Crippen molar-refractivity contribution >= 4 is 5.69 Å². The molecule has 0 bridgehead atoms. The smallest absolute Gasteiger partial charge is 0.171 e. The van der Waals surface area contributed by atoms with Crippen molar-refractivity contribution in [2.75, 3.05) is 19.0 Å². The summed E-state index contributed by atoms with van der Waals surface area (Å²) in [5.74, 6) is 1.73. The van der Waals surface area contributed by atoms with Gasteiger partial charge in [0.1, 0.15) is 17.4 Å². The maximum atomic E-state index is 13.0. The van der Waals surface area contributed by atoms with Gasteiger partial charge in [-0.15, -0.1) is 0 Å². The number of nitrogens with two attached hydrogens (primary N) is 1. The molecular formula is C18H20FN5O. The molecule has 3 aromatic rings. The zero-order valence-electron chi connectivity index (χ0n) is 13.9. The highest BCUT2D eigenvalue weighted by Crippen LogP contribution is 2.18. The van der Waals surface area contributed by atoms with Crippen molar-refractivity contribution in [1.82, 2.24) is 15.2 Å². The largest absolute Gasteiger partial charge is 0.497 e. The number of H-pyrrole nitrogens is 1. The fourth-order valence-electron chi connectivity index (χ4n) is 2.44. The third-order valence-corrected chi connectivity index (χ3v) is 3.82. The number of nitrogens with one attached hydrogen (secondary N) is 2. The molecule has 2 aromatic carbocycles. The van der Waals surface area contributed by atoms with Crippen LogP contribution in [-0.2, 0) is 6.42 Å². The number of benzene rings is 2. The van der Waals surface area contributed by atoms with Crippen LogP contribution in [0, 0.1) is 5.82 Å². The minimum Gasteiger partial charge on any atom is -0.497 e. The van der Waals surface area contributed by atoms with Gasteiger partial charge in [-0.2, -0.15) is 5.10 Å². The zero-order chi connectivity index (χ0) is 17.6. The summed E-state index contributed by atoms with van der Waals surface area (Å²) < 4.78 is 18.2. The molecule has 3 rings (SSSR count). The second-order valence-corrected chi connectivity index (χ2v) is 5.58. The summed E-state index contributed by atoms with van der Waals surface area (Å²) in [7, 11) is 1.64. The fourth-order valence-corrected chi connectivity index (χ4v) is 2.44. The van der Waals surface area contributed by atoms with Crippen molar-refractivity contribution in [2.45, 2.75) is 12.5 Å². The number of anilines is 1. The summed E-state index contributed by atoms with van der Waals surface area (Å²) >= 11 is 0. The molecule has 1 aromatic heterocycles. The van der Waals surface area contributed by atoms with E-state index in [1.54, 1.807) is 19.2 Å². The highest BCUT2D eigenvalue weighted by molar-refractivity contribution is 5.48. The lowest BCUT2D eigenvalue weighted by atomic mass is 10.1.